The zero-order valence-electron chi connectivity index (χ0n) is 20.2. The lowest BCUT2D eigenvalue weighted by atomic mass is 10.0. The van der Waals surface area contributed by atoms with Gasteiger partial charge in [-0.2, -0.15) is 0 Å². The van der Waals surface area contributed by atoms with Gasteiger partial charge in [0.05, 0.1) is 6.54 Å². The van der Waals surface area contributed by atoms with E-state index in [4.69, 9.17) is 0 Å². The smallest absolute Gasteiger partial charge is 0.126 e. The van der Waals surface area contributed by atoms with Crippen molar-refractivity contribution in [2.45, 2.75) is 141 Å². The maximum absolute atomic E-state index is 10.0. The first kappa shape index (κ1) is 27.2. The van der Waals surface area contributed by atoms with Crippen molar-refractivity contribution in [3.05, 3.63) is 12.2 Å². The van der Waals surface area contributed by atoms with Gasteiger partial charge in [0.2, 0.25) is 0 Å². The topological polar surface area (TPSA) is 44.6 Å². The predicted molar refractivity (Wildman–Crippen MR) is 133 cm³/mol. The molecule has 0 saturated heterocycles. The largest absolute Gasteiger partial charge is 0.385 e. The molecule has 0 saturated carbocycles. The van der Waals surface area contributed by atoms with Gasteiger partial charge in [0.1, 0.15) is 11.9 Å². The maximum Gasteiger partial charge on any atom is 0.126 e. The molecule has 1 rings (SSSR count). The third-order valence-corrected chi connectivity index (χ3v) is 6.26. The number of hydrogen-bond acceptors (Lipinski definition) is 3. The highest BCUT2D eigenvalue weighted by atomic mass is 16.3. The van der Waals surface area contributed by atoms with E-state index < -0.39 is 0 Å². The zero-order valence-corrected chi connectivity index (χ0v) is 20.2. The van der Waals surface area contributed by atoms with Crippen molar-refractivity contribution in [3.63, 3.8) is 0 Å². The normalized spacial score (nSPS) is 14.9. The van der Waals surface area contributed by atoms with E-state index in [1.807, 2.05) is 0 Å². The average Bonchev–Trinajstić information content (AvgIpc) is 3.30. The molecule has 1 unspecified atom stereocenters. The Morgan fingerprint density at radius 3 is 1.67 bits per heavy atom. The third-order valence-electron chi connectivity index (χ3n) is 6.26. The van der Waals surface area contributed by atoms with Gasteiger partial charge in [-0.05, 0) is 32.1 Å². The van der Waals surface area contributed by atoms with Gasteiger partial charge < -0.3 is 10.4 Å². The molecule has 0 aromatic carbocycles. The highest BCUT2D eigenvalue weighted by molar-refractivity contribution is 5.87. The molecular formula is C27H52N2O. The first-order valence-electron chi connectivity index (χ1n) is 13.5. The van der Waals surface area contributed by atoms with Crippen LogP contribution in [0, 0.1) is 0 Å². The van der Waals surface area contributed by atoms with Crippen LogP contribution in [0.25, 0.3) is 0 Å². The maximum atomic E-state index is 10.0. The van der Waals surface area contributed by atoms with Gasteiger partial charge in [0.25, 0.3) is 0 Å². The summed E-state index contributed by atoms with van der Waals surface area (Å²) in [6.45, 7) is 4.00. The summed E-state index contributed by atoms with van der Waals surface area (Å²) in [7, 11) is 0. The Hall–Kier alpha value is -0.830. The molecule has 0 spiro atoms. The van der Waals surface area contributed by atoms with E-state index in [1.165, 1.54) is 116 Å². The molecule has 3 nitrogen and oxygen atoms in total. The average molecular weight is 421 g/mol. The van der Waals surface area contributed by atoms with E-state index in [-0.39, 0.29) is 6.10 Å². The molecule has 1 aliphatic rings. The van der Waals surface area contributed by atoms with Crippen LogP contribution in [0.5, 0.6) is 0 Å². The Bertz CT molecular complexity index is 419. The number of unbranched alkanes of at least 4 members (excludes halogenated alkanes) is 17. The summed E-state index contributed by atoms with van der Waals surface area (Å²) < 4.78 is 0. The Labute approximate surface area is 188 Å². The lowest BCUT2D eigenvalue weighted by Crippen LogP contribution is -2.31. The van der Waals surface area contributed by atoms with Gasteiger partial charge in [-0.25, -0.2) is 0 Å². The fourth-order valence-corrected chi connectivity index (χ4v) is 4.25. The Morgan fingerprint density at radius 1 is 0.733 bits per heavy atom. The second-order valence-electron chi connectivity index (χ2n) is 9.20. The molecular weight excluding hydrogens is 368 g/mol. The van der Waals surface area contributed by atoms with Crippen LogP contribution in [0.2, 0.25) is 0 Å². The molecule has 2 N–H and O–H groups in total. The number of hydrogen-bond donors (Lipinski definition) is 2. The number of aliphatic hydroxyl groups excluding tert-OH is 1. The van der Waals surface area contributed by atoms with Crippen molar-refractivity contribution in [1.82, 2.24) is 5.32 Å². The monoisotopic (exact) mass is 420 g/mol. The fourth-order valence-electron chi connectivity index (χ4n) is 4.25. The minimum absolute atomic E-state index is 0.358. The molecule has 0 aromatic rings. The standard InChI is InChI=1S/C27H52N2O/c1-2-3-4-5-6-7-8-9-10-11-12-13-14-15-16-17-18-19-20-21-22-23-26(30)27-28-24-25-29-27/h9-10,26,30H,2-8,11-25H2,1H3,(H,28,29). The van der Waals surface area contributed by atoms with E-state index in [2.05, 4.69) is 29.4 Å². The van der Waals surface area contributed by atoms with Gasteiger partial charge in [0.15, 0.2) is 0 Å². The number of allylic oxidation sites excluding steroid dienone is 2. The van der Waals surface area contributed by atoms with Crippen LogP contribution < -0.4 is 5.32 Å². The highest BCUT2D eigenvalue weighted by Crippen LogP contribution is 2.14. The van der Waals surface area contributed by atoms with Crippen molar-refractivity contribution in [1.29, 1.82) is 0 Å². The molecule has 176 valence electrons. The summed E-state index contributed by atoms with van der Waals surface area (Å²) in [6.07, 6.45) is 31.2. The second kappa shape index (κ2) is 21.4. The lowest BCUT2D eigenvalue weighted by Gasteiger charge is -2.10. The van der Waals surface area contributed by atoms with Gasteiger partial charge in [-0.15, -0.1) is 0 Å². The number of nitrogens with one attached hydrogen (secondary N) is 1. The minimum Gasteiger partial charge on any atom is -0.385 e. The van der Waals surface area contributed by atoms with Crippen LogP contribution in [0.3, 0.4) is 0 Å². The van der Waals surface area contributed by atoms with E-state index in [1.54, 1.807) is 0 Å². The van der Waals surface area contributed by atoms with E-state index in [0.29, 0.717) is 0 Å². The molecule has 1 heterocycles. The predicted octanol–water partition coefficient (Wildman–Crippen LogP) is 7.73. The van der Waals surface area contributed by atoms with Crippen molar-refractivity contribution in [2.75, 3.05) is 13.1 Å². The van der Waals surface area contributed by atoms with E-state index in [9.17, 15) is 5.11 Å². The van der Waals surface area contributed by atoms with Gasteiger partial charge >= 0.3 is 0 Å². The van der Waals surface area contributed by atoms with Gasteiger partial charge in [-0.1, -0.05) is 115 Å². The van der Waals surface area contributed by atoms with Gasteiger partial charge in [0, 0.05) is 6.54 Å². The summed E-state index contributed by atoms with van der Waals surface area (Å²) in [6, 6.07) is 0. The molecule has 0 radical (unpaired) electrons. The highest BCUT2D eigenvalue weighted by Gasteiger charge is 2.14. The van der Waals surface area contributed by atoms with Crippen LogP contribution >= 0.6 is 0 Å². The van der Waals surface area contributed by atoms with Crippen molar-refractivity contribution in [2.24, 2.45) is 4.99 Å². The van der Waals surface area contributed by atoms with E-state index in [0.717, 1.165) is 31.8 Å². The minimum atomic E-state index is -0.358. The molecule has 1 atom stereocenters. The molecule has 0 amide bonds. The Morgan fingerprint density at radius 2 is 1.20 bits per heavy atom. The molecule has 0 aliphatic carbocycles. The first-order chi connectivity index (χ1) is 14.8. The molecule has 30 heavy (non-hydrogen) atoms. The number of rotatable bonds is 22. The van der Waals surface area contributed by atoms with Crippen molar-refractivity contribution < 1.29 is 5.11 Å². The van der Waals surface area contributed by atoms with Crippen LogP contribution in [0.1, 0.15) is 135 Å². The summed E-state index contributed by atoms with van der Waals surface area (Å²) >= 11 is 0. The van der Waals surface area contributed by atoms with Crippen molar-refractivity contribution in [3.8, 4) is 0 Å². The fraction of sp³-hybridized carbons (Fsp3) is 0.889. The second-order valence-corrected chi connectivity index (χ2v) is 9.20. The summed E-state index contributed by atoms with van der Waals surface area (Å²) in [4.78, 5) is 4.29. The van der Waals surface area contributed by atoms with Gasteiger partial charge in [-0.3, -0.25) is 4.99 Å². The molecule has 3 heteroatoms. The number of aliphatic imine (C=N–C) groups is 1. The number of nitrogens with zero attached hydrogens (tertiary/aromatic N) is 1. The summed E-state index contributed by atoms with van der Waals surface area (Å²) in [5.41, 5.74) is 0. The third kappa shape index (κ3) is 16.9. The lowest BCUT2D eigenvalue weighted by molar-refractivity contribution is 0.223. The Kier molecular flexibility index (Phi) is 19.4. The van der Waals surface area contributed by atoms with Crippen LogP contribution in [0.15, 0.2) is 17.1 Å². The molecule has 0 fully saturated rings. The zero-order chi connectivity index (χ0) is 21.5. The van der Waals surface area contributed by atoms with E-state index >= 15 is 0 Å². The van der Waals surface area contributed by atoms with Crippen LogP contribution in [-0.2, 0) is 0 Å². The first-order valence-corrected chi connectivity index (χ1v) is 13.5. The van der Waals surface area contributed by atoms with Crippen LogP contribution in [0.4, 0.5) is 0 Å². The van der Waals surface area contributed by atoms with Crippen molar-refractivity contribution >= 4 is 5.84 Å². The SMILES string of the molecule is CCCCCCCCC=CCCCCCCCCCCCCCC(O)C1=NCCN1. The summed E-state index contributed by atoms with van der Waals surface area (Å²) in [5.74, 6) is 0.819. The number of aliphatic hydroxyl groups is 1. The number of amidine groups is 1. The van der Waals surface area contributed by atoms with Crippen LogP contribution in [-0.4, -0.2) is 30.1 Å². The Balaban J connectivity index is 1.70. The molecule has 1 aliphatic heterocycles. The molecule has 0 bridgehead atoms. The quantitative estimate of drug-likeness (QED) is 0.139. The molecule has 0 aromatic heterocycles. The summed E-state index contributed by atoms with van der Waals surface area (Å²) in [5, 5.41) is 13.2.